The normalized spacial score (nSPS) is 14.4. The molecule has 3 aromatic rings. The molecule has 0 saturated heterocycles. The van der Waals surface area contributed by atoms with E-state index in [4.69, 9.17) is 16.3 Å². The average Bonchev–Trinajstić information content (AvgIpc) is 3.11. The second-order valence-corrected chi connectivity index (χ2v) is 7.76. The number of hydrogen-bond acceptors (Lipinski definition) is 5. The molecule has 0 spiro atoms. The van der Waals surface area contributed by atoms with Crippen LogP contribution in [0.4, 0.5) is 4.79 Å². The van der Waals surface area contributed by atoms with Gasteiger partial charge in [0.2, 0.25) is 0 Å². The van der Waals surface area contributed by atoms with Crippen LogP contribution in [-0.4, -0.2) is 40.5 Å². The molecular formula is C23H21ClN2O5. The van der Waals surface area contributed by atoms with E-state index >= 15 is 0 Å². The fourth-order valence-corrected chi connectivity index (χ4v) is 4.02. The Labute approximate surface area is 183 Å². The van der Waals surface area contributed by atoms with E-state index < -0.39 is 23.9 Å². The van der Waals surface area contributed by atoms with Gasteiger partial charge in [-0.05, 0) is 28.3 Å². The molecular weight excluding hydrogens is 420 g/mol. The zero-order valence-electron chi connectivity index (χ0n) is 16.4. The molecule has 1 aromatic heterocycles. The molecule has 1 heterocycles. The van der Waals surface area contributed by atoms with Crippen molar-refractivity contribution in [3.63, 3.8) is 0 Å². The van der Waals surface area contributed by atoms with Gasteiger partial charge in [0, 0.05) is 24.2 Å². The van der Waals surface area contributed by atoms with Crippen molar-refractivity contribution in [3.8, 4) is 11.1 Å². The first-order valence-electron chi connectivity index (χ1n) is 9.79. The van der Waals surface area contributed by atoms with Crippen molar-refractivity contribution in [1.29, 1.82) is 0 Å². The summed E-state index contributed by atoms with van der Waals surface area (Å²) in [5.74, 6) is -0.0846. The number of pyridine rings is 1. The van der Waals surface area contributed by atoms with Gasteiger partial charge < -0.3 is 25.3 Å². The van der Waals surface area contributed by atoms with Crippen molar-refractivity contribution in [2.75, 3.05) is 13.2 Å². The topological polar surface area (TPSA) is 112 Å². The van der Waals surface area contributed by atoms with Gasteiger partial charge in [0.15, 0.2) is 0 Å². The number of ether oxygens (including phenoxy) is 1. The highest BCUT2D eigenvalue weighted by atomic mass is 35.5. The van der Waals surface area contributed by atoms with Crippen LogP contribution in [0, 0.1) is 0 Å². The van der Waals surface area contributed by atoms with Crippen LogP contribution < -0.4 is 10.9 Å². The van der Waals surface area contributed by atoms with Crippen LogP contribution in [0.2, 0.25) is 5.02 Å². The second kappa shape index (κ2) is 8.93. The summed E-state index contributed by atoms with van der Waals surface area (Å²) in [7, 11) is 0. The lowest BCUT2D eigenvalue weighted by molar-refractivity contribution is 0.0177. The Hall–Kier alpha value is -3.13. The Kier molecular flexibility index (Phi) is 6.08. The number of carbonyl (C=O) groups is 1. The maximum atomic E-state index is 12.2. The van der Waals surface area contributed by atoms with Gasteiger partial charge >= 0.3 is 6.09 Å². The monoisotopic (exact) mass is 440 g/mol. The molecule has 1 aliphatic carbocycles. The van der Waals surface area contributed by atoms with Gasteiger partial charge in [-0.15, -0.1) is 0 Å². The zero-order chi connectivity index (χ0) is 22.0. The number of aromatic amines is 1. The molecule has 0 radical (unpaired) electrons. The molecule has 2 atom stereocenters. The lowest BCUT2D eigenvalue weighted by atomic mass is 9.98. The van der Waals surface area contributed by atoms with Gasteiger partial charge in [-0.3, -0.25) is 4.79 Å². The molecule has 7 nitrogen and oxygen atoms in total. The van der Waals surface area contributed by atoms with Crippen molar-refractivity contribution in [2.45, 2.75) is 18.1 Å². The van der Waals surface area contributed by atoms with Crippen LogP contribution in [-0.2, 0) is 4.74 Å². The molecule has 0 fully saturated rings. The largest absolute Gasteiger partial charge is 0.449 e. The predicted octanol–water partition coefficient (Wildman–Crippen LogP) is 2.96. The van der Waals surface area contributed by atoms with Crippen molar-refractivity contribution in [3.05, 3.63) is 92.9 Å². The van der Waals surface area contributed by atoms with E-state index in [0.717, 1.165) is 22.3 Å². The number of nitrogens with one attached hydrogen (secondary N) is 2. The summed E-state index contributed by atoms with van der Waals surface area (Å²) >= 11 is 5.82. The highest BCUT2D eigenvalue weighted by molar-refractivity contribution is 6.30. The Bertz CT molecular complexity index is 1120. The molecule has 1 aliphatic rings. The van der Waals surface area contributed by atoms with E-state index in [0.29, 0.717) is 0 Å². The van der Waals surface area contributed by atoms with Crippen LogP contribution in [0.15, 0.2) is 65.6 Å². The number of alkyl carbamates (subject to hydrolysis) is 1. The Morgan fingerprint density at radius 1 is 1.10 bits per heavy atom. The number of carbonyl (C=O) groups excluding carboxylic acids is 1. The number of rotatable bonds is 6. The molecule has 4 rings (SSSR count). The highest BCUT2D eigenvalue weighted by Crippen LogP contribution is 2.44. The van der Waals surface area contributed by atoms with Crippen molar-refractivity contribution < 1.29 is 19.7 Å². The fraction of sp³-hybridized carbons (Fsp3) is 0.217. The van der Waals surface area contributed by atoms with Gasteiger partial charge in [0.1, 0.15) is 18.8 Å². The van der Waals surface area contributed by atoms with Crippen LogP contribution in [0.3, 0.4) is 0 Å². The van der Waals surface area contributed by atoms with Crippen molar-refractivity contribution in [1.82, 2.24) is 10.3 Å². The third-order valence-electron chi connectivity index (χ3n) is 5.38. The number of aliphatic hydroxyl groups is 2. The fourth-order valence-electron chi connectivity index (χ4n) is 3.85. The summed E-state index contributed by atoms with van der Waals surface area (Å²) in [5, 5.41) is 23.0. The van der Waals surface area contributed by atoms with Gasteiger partial charge in [0.05, 0.1) is 5.02 Å². The van der Waals surface area contributed by atoms with Crippen LogP contribution in [0.5, 0.6) is 0 Å². The summed E-state index contributed by atoms with van der Waals surface area (Å²) in [6, 6.07) is 17.2. The molecule has 0 bridgehead atoms. The van der Waals surface area contributed by atoms with Crippen molar-refractivity contribution in [2.24, 2.45) is 0 Å². The molecule has 0 aliphatic heterocycles. The number of benzene rings is 2. The van der Waals surface area contributed by atoms with Crippen LogP contribution in [0.25, 0.3) is 11.1 Å². The Balaban J connectivity index is 1.36. The number of aliphatic hydroxyl groups excluding tert-OH is 2. The zero-order valence-corrected chi connectivity index (χ0v) is 17.2. The van der Waals surface area contributed by atoms with E-state index in [1.807, 2.05) is 48.5 Å². The average molecular weight is 441 g/mol. The first-order valence-corrected chi connectivity index (χ1v) is 10.2. The van der Waals surface area contributed by atoms with Gasteiger partial charge in [-0.25, -0.2) is 4.79 Å². The van der Waals surface area contributed by atoms with Gasteiger partial charge in [-0.1, -0.05) is 60.1 Å². The van der Waals surface area contributed by atoms with E-state index in [1.54, 1.807) is 0 Å². The summed E-state index contributed by atoms with van der Waals surface area (Å²) < 4.78 is 5.39. The molecule has 160 valence electrons. The van der Waals surface area contributed by atoms with Gasteiger partial charge in [-0.2, -0.15) is 0 Å². The number of hydrogen-bond donors (Lipinski definition) is 4. The molecule has 0 saturated carbocycles. The van der Waals surface area contributed by atoms with E-state index in [1.165, 1.54) is 12.3 Å². The predicted molar refractivity (Wildman–Crippen MR) is 116 cm³/mol. The minimum Gasteiger partial charge on any atom is -0.449 e. The van der Waals surface area contributed by atoms with Crippen LogP contribution in [0.1, 0.15) is 28.7 Å². The molecule has 2 aromatic carbocycles. The first kappa shape index (κ1) is 21.1. The van der Waals surface area contributed by atoms with E-state index in [-0.39, 0.29) is 29.7 Å². The summed E-state index contributed by atoms with van der Waals surface area (Å²) in [5.41, 5.74) is 3.76. The number of amides is 1. The molecule has 8 heteroatoms. The summed E-state index contributed by atoms with van der Waals surface area (Å²) in [6.07, 6.45) is -2.38. The van der Waals surface area contributed by atoms with Crippen molar-refractivity contribution >= 4 is 17.7 Å². The van der Waals surface area contributed by atoms with Crippen LogP contribution >= 0.6 is 11.6 Å². The molecule has 31 heavy (non-hydrogen) atoms. The molecule has 1 amide bonds. The minimum absolute atomic E-state index is 0.0846. The van der Waals surface area contributed by atoms with E-state index in [9.17, 15) is 19.8 Å². The number of halogens is 1. The summed E-state index contributed by atoms with van der Waals surface area (Å²) in [4.78, 5) is 26.4. The SMILES string of the molecule is O=C(NCC(O)C(O)c1cc(Cl)c[nH]c1=O)OCC1c2ccccc2-c2ccccc21. The minimum atomic E-state index is -1.52. The smallest absolute Gasteiger partial charge is 0.407 e. The molecule has 2 unspecified atom stereocenters. The highest BCUT2D eigenvalue weighted by Gasteiger charge is 2.29. The van der Waals surface area contributed by atoms with E-state index in [2.05, 4.69) is 10.3 Å². The third-order valence-corrected chi connectivity index (χ3v) is 5.60. The standard InChI is InChI=1S/C23H21ClN2O5/c24-13-9-18(22(29)25-10-13)21(28)20(27)11-26-23(30)31-12-19-16-7-3-1-5-14(16)15-6-2-4-8-17(15)19/h1-10,19-21,27-28H,11-12H2,(H,25,29)(H,26,30). The lowest BCUT2D eigenvalue weighted by Gasteiger charge is -2.19. The number of fused-ring (bicyclic) bond motifs is 3. The Morgan fingerprint density at radius 3 is 2.35 bits per heavy atom. The Morgan fingerprint density at radius 2 is 1.71 bits per heavy atom. The number of aromatic nitrogens is 1. The lowest BCUT2D eigenvalue weighted by Crippen LogP contribution is -2.37. The number of H-pyrrole nitrogens is 1. The maximum Gasteiger partial charge on any atom is 0.407 e. The quantitative estimate of drug-likeness (QED) is 0.471. The second-order valence-electron chi connectivity index (χ2n) is 7.32. The summed E-state index contributed by atoms with van der Waals surface area (Å²) in [6.45, 7) is -0.170. The first-order chi connectivity index (χ1) is 15.0. The maximum absolute atomic E-state index is 12.2. The third kappa shape index (κ3) is 4.34. The molecule has 4 N–H and O–H groups in total. The van der Waals surface area contributed by atoms with Gasteiger partial charge in [0.25, 0.3) is 5.56 Å².